The molecule has 1 N–H and O–H groups in total. The predicted octanol–water partition coefficient (Wildman–Crippen LogP) is 4.03. The van der Waals surface area contributed by atoms with Crippen molar-refractivity contribution in [3.05, 3.63) is 108 Å². The fourth-order valence-corrected chi connectivity index (χ4v) is 2.44. The summed E-state index contributed by atoms with van der Waals surface area (Å²) in [6.07, 6.45) is 7.15. The molecule has 1 heterocycles. The summed E-state index contributed by atoms with van der Waals surface area (Å²) in [6, 6.07) is 23.3. The summed E-state index contributed by atoms with van der Waals surface area (Å²) in [5, 5.41) is 11.3. The molecule has 2 nitrogen and oxygen atoms in total. The average Bonchev–Trinajstić information content (AvgIpc) is 2.62. The largest absolute Gasteiger partial charge is 0.377 e. The van der Waals surface area contributed by atoms with E-state index in [0.717, 1.165) is 16.7 Å². The maximum atomic E-state index is 11.3. The fourth-order valence-electron chi connectivity index (χ4n) is 2.44. The molecule has 3 aromatic rings. The van der Waals surface area contributed by atoms with E-state index in [4.69, 9.17) is 0 Å². The van der Waals surface area contributed by atoms with Gasteiger partial charge < -0.3 is 5.11 Å². The zero-order valence-electron chi connectivity index (χ0n) is 12.1. The molecule has 0 bridgehead atoms. The zero-order valence-corrected chi connectivity index (χ0v) is 12.1. The third kappa shape index (κ3) is 2.97. The molecule has 0 saturated heterocycles. The lowest BCUT2D eigenvalue weighted by Crippen LogP contribution is -2.24. The molecule has 1 unspecified atom stereocenters. The van der Waals surface area contributed by atoms with Crippen molar-refractivity contribution in [2.45, 2.75) is 5.60 Å². The van der Waals surface area contributed by atoms with Crippen molar-refractivity contribution in [3.8, 4) is 0 Å². The van der Waals surface area contributed by atoms with Crippen molar-refractivity contribution in [1.82, 2.24) is 4.98 Å². The first-order valence-corrected chi connectivity index (χ1v) is 7.22. The molecule has 0 aliphatic rings. The van der Waals surface area contributed by atoms with Crippen molar-refractivity contribution in [2.75, 3.05) is 0 Å². The van der Waals surface area contributed by atoms with Crippen molar-refractivity contribution in [3.63, 3.8) is 0 Å². The number of hydrogen-bond acceptors (Lipinski definition) is 2. The molecule has 1 atom stereocenters. The van der Waals surface area contributed by atoms with Gasteiger partial charge in [-0.3, -0.25) is 4.98 Å². The molecule has 0 saturated carbocycles. The summed E-state index contributed by atoms with van der Waals surface area (Å²) in [5.41, 5.74) is 1.49. The molecule has 0 fully saturated rings. The second-order valence-electron chi connectivity index (χ2n) is 5.11. The standard InChI is InChI=1S/C20H17NO/c22-20(18-9-5-2-6-10-18,19-12-15-21-16-13-19)14-11-17-7-3-1-4-8-17/h1-16,22H/b14-11+. The first-order valence-electron chi connectivity index (χ1n) is 7.22. The topological polar surface area (TPSA) is 33.1 Å². The molecule has 22 heavy (non-hydrogen) atoms. The van der Waals surface area contributed by atoms with E-state index in [9.17, 15) is 5.11 Å². The van der Waals surface area contributed by atoms with Crippen LogP contribution in [0, 0.1) is 0 Å². The summed E-state index contributed by atoms with van der Waals surface area (Å²) >= 11 is 0. The van der Waals surface area contributed by atoms with Gasteiger partial charge in [-0.2, -0.15) is 0 Å². The van der Waals surface area contributed by atoms with Crippen LogP contribution in [0.2, 0.25) is 0 Å². The average molecular weight is 287 g/mol. The Bertz CT molecular complexity index is 697. The van der Waals surface area contributed by atoms with Crippen LogP contribution in [0.25, 0.3) is 6.08 Å². The van der Waals surface area contributed by atoms with E-state index in [-0.39, 0.29) is 0 Å². The summed E-state index contributed by atoms with van der Waals surface area (Å²) in [5.74, 6) is 0. The monoisotopic (exact) mass is 287 g/mol. The first-order chi connectivity index (χ1) is 10.8. The van der Waals surface area contributed by atoms with Gasteiger partial charge in [-0.05, 0) is 34.9 Å². The molecule has 0 aliphatic carbocycles. The number of nitrogens with zero attached hydrogens (tertiary/aromatic N) is 1. The number of aromatic nitrogens is 1. The number of hydrogen-bond donors (Lipinski definition) is 1. The van der Waals surface area contributed by atoms with Crippen LogP contribution >= 0.6 is 0 Å². The maximum Gasteiger partial charge on any atom is 0.134 e. The molecule has 2 heteroatoms. The second kappa shape index (κ2) is 6.37. The number of aliphatic hydroxyl groups is 1. The van der Waals surface area contributed by atoms with E-state index >= 15 is 0 Å². The van der Waals surface area contributed by atoms with E-state index < -0.39 is 5.60 Å². The third-order valence-corrected chi connectivity index (χ3v) is 3.65. The lowest BCUT2D eigenvalue weighted by Gasteiger charge is -2.25. The predicted molar refractivity (Wildman–Crippen MR) is 89.2 cm³/mol. The van der Waals surface area contributed by atoms with Gasteiger partial charge in [0.1, 0.15) is 5.60 Å². The van der Waals surface area contributed by atoms with Crippen LogP contribution in [0.3, 0.4) is 0 Å². The highest BCUT2D eigenvalue weighted by atomic mass is 16.3. The lowest BCUT2D eigenvalue weighted by atomic mass is 9.86. The quantitative estimate of drug-likeness (QED) is 0.786. The molecule has 0 radical (unpaired) electrons. The van der Waals surface area contributed by atoms with Crippen molar-refractivity contribution in [1.29, 1.82) is 0 Å². The van der Waals surface area contributed by atoms with Gasteiger partial charge in [0.15, 0.2) is 0 Å². The lowest BCUT2D eigenvalue weighted by molar-refractivity contribution is 0.135. The zero-order chi connectivity index (χ0) is 15.3. The van der Waals surface area contributed by atoms with Crippen LogP contribution in [0.4, 0.5) is 0 Å². The minimum atomic E-state index is -1.18. The van der Waals surface area contributed by atoms with Crippen LogP contribution in [-0.2, 0) is 5.60 Å². The molecule has 108 valence electrons. The number of benzene rings is 2. The van der Waals surface area contributed by atoms with Crippen molar-refractivity contribution >= 4 is 6.08 Å². The molecule has 3 rings (SSSR count). The minimum absolute atomic E-state index is 0.792. The van der Waals surface area contributed by atoms with Gasteiger partial charge in [-0.25, -0.2) is 0 Å². The minimum Gasteiger partial charge on any atom is -0.377 e. The molecular weight excluding hydrogens is 270 g/mol. The molecule has 0 aliphatic heterocycles. The van der Waals surface area contributed by atoms with Gasteiger partial charge >= 0.3 is 0 Å². The van der Waals surface area contributed by atoms with Crippen LogP contribution in [0.1, 0.15) is 16.7 Å². The Kier molecular flexibility index (Phi) is 4.12. The van der Waals surface area contributed by atoms with Gasteiger partial charge in [0.05, 0.1) is 0 Å². The molecule has 0 spiro atoms. The van der Waals surface area contributed by atoms with E-state index in [1.165, 1.54) is 0 Å². The third-order valence-electron chi connectivity index (χ3n) is 3.65. The molecule has 0 amide bonds. The van der Waals surface area contributed by atoms with Crippen LogP contribution in [0.15, 0.2) is 91.3 Å². The fraction of sp³-hybridized carbons (Fsp3) is 0.0500. The number of rotatable bonds is 4. The Balaban J connectivity index is 2.06. The highest BCUT2D eigenvalue weighted by Gasteiger charge is 2.28. The Labute approximate surface area is 130 Å². The van der Waals surface area contributed by atoms with Crippen molar-refractivity contribution in [2.24, 2.45) is 0 Å². The Morgan fingerprint density at radius 2 is 1.27 bits per heavy atom. The van der Waals surface area contributed by atoms with Gasteiger partial charge in [-0.15, -0.1) is 0 Å². The second-order valence-corrected chi connectivity index (χ2v) is 5.11. The smallest absolute Gasteiger partial charge is 0.134 e. The van der Waals surface area contributed by atoms with E-state index in [2.05, 4.69) is 4.98 Å². The van der Waals surface area contributed by atoms with Gasteiger partial charge in [-0.1, -0.05) is 66.7 Å². The molecular formula is C20H17NO. The highest BCUT2D eigenvalue weighted by Crippen LogP contribution is 2.31. The maximum absolute atomic E-state index is 11.3. The van der Waals surface area contributed by atoms with Gasteiger partial charge in [0.25, 0.3) is 0 Å². The Morgan fingerprint density at radius 3 is 1.91 bits per heavy atom. The van der Waals surface area contributed by atoms with E-state index in [1.54, 1.807) is 12.4 Å². The first kappa shape index (κ1) is 14.2. The van der Waals surface area contributed by atoms with Crippen LogP contribution in [0.5, 0.6) is 0 Å². The Hall–Kier alpha value is -2.71. The van der Waals surface area contributed by atoms with E-state index in [1.807, 2.05) is 84.9 Å². The highest BCUT2D eigenvalue weighted by molar-refractivity contribution is 5.54. The number of pyridine rings is 1. The molecule has 2 aromatic carbocycles. The van der Waals surface area contributed by atoms with Crippen molar-refractivity contribution < 1.29 is 5.11 Å². The van der Waals surface area contributed by atoms with Gasteiger partial charge in [0.2, 0.25) is 0 Å². The SMILES string of the molecule is OC(/C=C/c1ccccc1)(c1ccccc1)c1ccncc1. The summed E-state index contributed by atoms with van der Waals surface area (Å²) in [4.78, 5) is 4.04. The summed E-state index contributed by atoms with van der Waals surface area (Å²) in [6.45, 7) is 0. The Morgan fingerprint density at radius 1 is 0.727 bits per heavy atom. The van der Waals surface area contributed by atoms with Crippen LogP contribution < -0.4 is 0 Å². The summed E-state index contributed by atoms with van der Waals surface area (Å²) in [7, 11) is 0. The van der Waals surface area contributed by atoms with Gasteiger partial charge in [0, 0.05) is 12.4 Å². The van der Waals surface area contributed by atoms with E-state index in [0.29, 0.717) is 0 Å². The summed E-state index contributed by atoms with van der Waals surface area (Å²) < 4.78 is 0. The molecule has 1 aromatic heterocycles. The van der Waals surface area contributed by atoms with Crippen LogP contribution in [-0.4, -0.2) is 10.1 Å². The normalized spacial score (nSPS) is 13.9.